The third kappa shape index (κ3) is 4.47. The van der Waals surface area contributed by atoms with E-state index in [2.05, 4.69) is 10.5 Å². The summed E-state index contributed by atoms with van der Waals surface area (Å²) in [6, 6.07) is 6.90. The van der Waals surface area contributed by atoms with Gasteiger partial charge in [-0.3, -0.25) is 4.79 Å². The molecule has 23 heavy (non-hydrogen) atoms. The predicted molar refractivity (Wildman–Crippen MR) is 87.0 cm³/mol. The molecule has 0 radical (unpaired) electrons. The summed E-state index contributed by atoms with van der Waals surface area (Å²) in [7, 11) is 0. The molecule has 2 heterocycles. The Balaban J connectivity index is 1.59. The number of carbonyl (C=O) groups is 1. The zero-order valence-electron chi connectivity index (χ0n) is 12.4. The number of nitrogens with zero attached hydrogens (tertiary/aromatic N) is 1. The van der Waals surface area contributed by atoms with Gasteiger partial charge in [0.05, 0.1) is 6.61 Å². The van der Waals surface area contributed by atoms with E-state index in [-0.39, 0.29) is 11.6 Å². The summed E-state index contributed by atoms with van der Waals surface area (Å²) in [5.41, 5.74) is 1.17. The van der Waals surface area contributed by atoms with E-state index in [1.54, 1.807) is 24.3 Å². The minimum absolute atomic E-state index is 0.240. The summed E-state index contributed by atoms with van der Waals surface area (Å²) in [6.07, 6.45) is 1.44. The predicted octanol–water partition coefficient (Wildman–Crippen LogP) is 3.34. The molecule has 122 valence electrons. The summed E-state index contributed by atoms with van der Waals surface area (Å²) >= 11 is 11.9. The van der Waals surface area contributed by atoms with Crippen molar-refractivity contribution in [3.05, 3.63) is 51.3 Å². The molecule has 0 spiro atoms. The first-order valence-electron chi connectivity index (χ1n) is 7.36. The van der Waals surface area contributed by atoms with Gasteiger partial charge in [-0.25, -0.2) is 0 Å². The first kappa shape index (κ1) is 16.3. The topological polar surface area (TPSA) is 64.4 Å². The van der Waals surface area contributed by atoms with Crippen molar-refractivity contribution in [2.24, 2.45) is 5.92 Å². The van der Waals surface area contributed by atoms with Gasteiger partial charge in [0.15, 0.2) is 5.69 Å². The van der Waals surface area contributed by atoms with E-state index in [1.165, 1.54) is 0 Å². The molecule has 7 heteroatoms. The number of ether oxygens (including phenoxy) is 1. The number of aromatic nitrogens is 1. The SMILES string of the molecule is O=C(NCC1CCOC1)c1cc(Cc2cc(Cl)cc(Cl)c2)on1. The number of halogens is 2. The van der Waals surface area contributed by atoms with Crippen LogP contribution in [0.5, 0.6) is 0 Å². The highest BCUT2D eigenvalue weighted by atomic mass is 35.5. The molecule has 5 nitrogen and oxygen atoms in total. The average molecular weight is 355 g/mol. The van der Waals surface area contributed by atoms with E-state index in [0.717, 1.165) is 18.6 Å². The molecule has 1 N–H and O–H groups in total. The van der Waals surface area contributed by atoms with Gasteiger partial charge in [-0.2, -0.15) is 0 Å². The third-order valence-electron chi connectivity index (χ3n) is 3.67. The lowest BCUT2D eigenvalue weighted by Crippen LogP contribution is -2.29. The number of rotatable bonds is 5. The Morgan fingerprint density at radius 1 is 1.26 bits per heavy atom. The minimum Gasteiger partial charge on any atom is -0.381 e. The lowest BCUT2D eigenvalue weighted by Gasteiger charge is -2.07. The number of carbonyl (C=O) groups excluding carboxylic acids is 1. The molecule has 1 aromatic carbocycles. The zero-order chi connectivity index (χ0) is 16.2. The Morgan fingerprint density at radius 2 is 2.04 bits per heavy atom. The van der Waals surface area contributed by atoms with Gasteiger partial charge in [-0.15, -0.1) is 0 Å². The molecule has 1 fully saturated rings. The van der Waals surface area contributed by atoms with Crippen LogP contribution in [0.4, 0.5) is 0 Å². The van der Waals surface area contributed by atoms with Gasteiger partial charge in [-0.1, -0.05) is 28.4 Å². The van der Waals surface area contributed by atoms with Crippen LogP contribution in [0, 0.1) is 5.92 Å². The van der Waals surface area contributed by atoms with Crippen molar-refractivity contribution in [3.8, 4) is 0 Å². The number of hydrogen-bond donors (Lipinski definition) is 1. The molecule has 1 atom stereocenters. The van der Waals surface area contributed by atoms with Crippen LogP contribution in [0.3, 0.4) is 0 Å². The second kappa shape index (κ2) is 7.34. The Bertz CT molecular complexity index is 676. The molecule has 1 aromatic heterocycles. The van der Waals surface area contributed by atoms with Crippen LogP contribution in [-0.2, 0) is 11.2 Å². The van der Waals surface area contributed by atoms with Gasteiger partial charge in [0.2, 0.25) is 0 Å². The quantitative estimate of drug-likeness (QED) is 0.894. The summed E-state index contributed by atoms with van der Waals surface area (Å²) < 4.78 is 10.5. The van der Waals surface area contributed by atoms with Crippen LogP contribution < -0.4 is 5.32 Å². The largest absolute Gasteiger partial charge is 0.381 e. The monoisotopic (exact) mass is 354 g/mol. The Hall–Kier alpha value is -1.56. The van der Waals surface area contributed by atoms with Crippen molar-refractivity contribution in [1.82, 2.24) is 10.5 Å². The second-order valence-electron chi connectivity index (χ2n) is 5.57. The highest BCUT2D eigenvalue weighted by Gasteiger charge is 2.18. The van der Waals surface area contributed by atoms with Crippen LogP contribution in [0.1, 0.15) is 28.2 Å². The van der Waals surface area contributed by atoms with Crippen molar-refractivity contribution in [2.75, 3.05) is 19.8 Å². The molecule has 1 unspecified atom stereocenters. The molecular weight excluding hydrogens is 339 g/mol. The number of nitrogens with one attached hydrogen (secondary N) is 1. The summed E-state index contributed by atoms with van der Waals surface area (Å²) in [5, 5.41) is 7.79. The first-order chi connectivity index (χ1) is 11.1. The lowest BCUT2D eigenvalue weighted by atomic mass is 10.1. The molecule has 2 aromatic rings. The molecule has 3 rings (SSSR count). The minimum atomic E-state index is -0.240. The summed E-state index contributed by atoms with van der Waals surface area (Å²) in [6.45, 7) is 2.04. The number of amides is 1. The van der Waals surface area contributed by atoms with Gasteiger partial charge in [0.1, 0.15) is 5.76 Å². The Labute approximate surface area is 143 Å². The van der Waals surface area contributed by atoms with Crippen LogP contribution in [0.15, 0.2) is 28.8 Å². The van der Waals surface area contributed by atoms with Crippen LogP contribution in [-0.4, -0.2) is 30.8 Å². The maximum Gasteiger partial charge on any atom is 0.273 e. The average Bonchev–Trinajstić information content (AvgIpc) is 3.15. The molecule has 1 aliphatic heterocycles. The molecule has 0 bridgehead atoms. The normalized spacial score (nSPS) is 17.4. The van der Waals surface area contributed by atoms with E-state index < -0.39 is 0 Å². The molecule has 0 saturated carbocycles. The third-order valence-corrected chi connectivity index (χ3v) is 4.10. The van der Waals surface area contributed by atoms with E-state index in [4.69, 9.17) is 32.5 Å². The smallest absolute Gasteiger partial charge is 0.273 e. The van der Waals surface area contributed by atoms with E-state index in [9.17, 15) is 4.79 Å². The van der Waals surface area contributed by atoms with Gasteiger partial charge in [0, 0.05) is 41.6 Å². The first-order valence-corrected chi connectivity index (χ1v) is 8.12. The van der Waals surface area contributed by atoms with Gasteiger partial charge in [-0.05, 0) is 30.2 Å². The Kier molecular flexibility index (Phi) is 5.20. The van der Waals surface area contributed by atoms with Crippen molar-refractivity contribution < 1.29 is 14.1 Å². The van der Waals surface area contributed by atoms with Gasteiger partial charge >= 0.3 is 0 Å². The second-order valence-corrected chi connectivity index (χ2v) is 6.45. The fourth-order valence-electron chi connectivity index (χ4n) is 2.49. The summed E-state index contributed by atoms with van der Waals surface area (Å²) in [4.78, 5) is 12.1. The van der Waals surface area contributed by atoms with E-state index >= 15 is 0 Å². The van der Waals surface area contributed by atoms with Crippen LogP contribution in [0.25, 0.3) is 0 Å². The maximum atomic E-state index is 12.1. The number of hydrogen-bond acceptors (Lipinski definition) is 4. The van der Waals surface area contributed by atoms with E-state index in [0.29, 0.717) is 41.3 Å². The summed E-state index contributed by atoms with van der Waals surface area (Å²) in [5.74, 6) is 0.715. The van der Waals surface area contributed by atoms with Crippen LogP contribution >= 0.6 is 23.2 Å². The fraction of sp³-hybridized carbons (Fsp3) is 0.375. The lowest BCUT2D eigenvalue weighted by molar-refractivity contribution is 0.0936. The van der Waals surface area contributed by atoms with Crippen molar-refractivity contribution >= 4 is 29.1 Å². The standard InChI is InChI=1S/C16H16Cl2N2O3/c17-12-3-11(4-13(18)6-12)5-14-7-15(20-23-14)16(21)19-8-10-1-2-22-9-10/h3-4,6-7,10H,1-2,5,8-9H2,(H,19,21). The van der Waals surface area contributed by atoms with Gasteiger partial charge in [0.25, 0.3) is 5.91 Å². The highest BCUT2D eigenvalue weighted by Crippen LogP contribution is 2.21. The molecular formula is C16H16Cl2N2O3. The van der Waals surface area contributed by atoms with Crippen molar-refractivity contribution in [3.63, 3.8) is 0 Å². The highest BCUT2D eigenvalue weighted by molar-refractivity contribution is 6.34. The van der Waals surface area contributed by atoms with Gasteiger partial charge < -0.3 is 14.6 Å². The molecule has 1 aliphatic rings. The fourth-order valence-corrected chi connectivity index (χ4v) is 3.06. The Morgan fingerprint density at radius 3 is 2.74 bits per heavy atom. The number of benzene rings is 1. The van der Waals surface area contributed by atoms with E-state index in [1.807, 2.05) is 0 Å². The zero-order valence-corrected chi connectivity index (χ0v) is 13.9. The van der Waals surface area contributed by atoms with Crippen molar-refractivity contribution in [2.45, 2.75) is 12.8 Å². The maximum absolute atomic E-state index is 12.1. The molecule has 0 aliphatic carbocycles. The molecule has 1 saturated heterocycles. The molecule has 1 amide bonds. The van der Waals surface area contributed by atoms with Crippen LogP contribution in [0.2, 0.25) is 10.0 Å². The van der Waals surface area contributed by atoms with Crippen molar-refractivity contribution in [1.29, 1.82) is 0 Å².